The average Bonchev–Trinajstić information content (AvgIpc) is 1.94. The molecule has 11 heavy (non-hydrogen) atoms. The molecule has 1 heterocycles. The van der Waals surface area contributed by atoms with Crippen LogP contribution >= 0.6 is 0 Å². The Morgan fingerprint density at radius 2 is 2.09 bits per heavy atom. The molecule has 0 aromatic rings. The lowest BCUT2D eigenvalue weighted by atomic mass is 10.0. The van der Waals surface area contributed by atoms with Gasteiger partial charge in [0.1, 0.15) is 12.2 Å². The molecule has 1 rings (SSSR count). The van der Waals surface area contributed by atoms with Crippen LogP contribution in [-0.2, 0) is 4.74 Å². The zero-order valence-corrected chi connectivity index (χ0v) is 6.21. The molecule has 3 unspecified atom stereocenters. The Balaban J connectivity index is 2.62. The molecule has 4 atom stereocenters. The van der Waals surface area contributed by atoms with E-state index in [0.29, 0.717) is 0 Å². The zero-order valence-electron chi connectivity index (χ0n) is 6.21. The first-order chi connectivity index (χ1) is 5.13. The number of aliphatic hydroxyl groups is 3. The van der Waals surface area contributed by atoms with Crippen LogP contribution in [0.2, 0.25) is 0 Å². The van der Waals surface area contributed by atoms with Crippen molar-refractivity contribution in [1.29, 1.82) is 0 Å². The van der Waals surface area contributed by atoms with Crippen LogP contribution in [0.25, 0.3) is 0 Å². The van der Waals surface area contributed by atoms with Crippen LogP contribution < -0.4 is 0 Å². The van der Waals surface area contributed by atoms with Crippen LogP contribution in [0, 0.1) is 0 Å². The summed E-state index contributed by atoms with van der Waals surface area (Å²) in [6, 6.07) is 0. The molecule has 4 nitrogen and oxygen atoms in total. The topological polar surface area (TPSA) is 69.9 Å². The highest BCUT2D eigenvalue weighted by Crippen LogP contribution is 2.14. The summed E-state index contributed by atoms with van der Waals surface area (Å²) in [6.45, 7) is 1.50. The van der Waals surface area contributed by atoms with E-state index in [1.165, 1.54) is 19.3 Å². The van der Waals surface area contributed by atoms with Gasteiger partial charge < -0.3 is 20.1 Å². The summed E-state index contributed by atoms with van der Waals surface area (Å²) in [4.78, 5) is 0. The van der Waals surface area contributed by atoms with Crippen molar-refractivity contribution in [2.75, 3.05) is 0 Å². The van der Waals surface area contributed by atoms with E-state index in [0.717, 1.165) is 0 Å². The molecule has 0 radical (unpaired) electrons. The molecular formula is C7H12O4. The number of rotatable bonds is 1. The van der Waals surface area contributed by atoms with Gasteiger partial charge in [0.25, 0.3) is 0 Å². The van der Waals surface area contributed by atoms with Gasteiger partial charge >= 0.3 is 0 Å². The summed E-state index contributed by atoms with van der Waals surface area (Å²) >= 11 is 0. The Morgan fingerprint density at radius 3 is 2.55 bits per heavy atom. The van der Waals surface area contributed by atoms with E-state index in [1.807, 2.05) is 0 Å². The van der Waals surface area contributed by atoms with E-state index in [9.17, 15) is 5.11 Å². The quantitative estimate of drug-likeness (QED) is 0.460. The first-order valence-corrected chi connectivity index (χ1v) is 3.49. The van der Waals surface area contributed by atoms with Crippen molar-refractivity contribution in [3.63, 3.8) is 0 Å². The molecule has 4 heteroatoms. The first kappa shape index (κ1) is 8.52. The van der Waals surface area contributed by atoms with Crippen molar-refractivity contribution in [2.24, 2.45) is 0 Å². The Hall–Kier alpha value is -0.580. The van der Waals surface area contributed by atoms with E-state index < -0.39 is 24.4 Å². The molecule has 64 valence electrons. The van der Waals surface area contributed by atoms with E-state index in [4.69, 9.17) is 14.9 Å². The molecule has 0 fully saturated rings. The number of ether oxygens (including phenoxy) is 1. The monoisotopic (exact) mass is 160 g/mol. The Kier molecular flexibility index (Phi) is 2.49. The lowest BCUT2D eigenvalue weighted by molar-refractivity contribution is -0.105. The van der Waals surface area contributed by atoms with Gasteiger partial charge in [-0.15, -0.1) is 0 Å². The van der Waals surface area contributed by atoms with Crippen molar-refractivity contribution >= 4 is 0 Å². The van der Waals surface area contributed by atoms with Gasteiger partial charge in [-0.3, -0.25) is 0 Å². The zero-order chi connectivity index (χ0) is 8.43. The lowest BCUT2D eigenvalue weighted by Crippen LogP contribution is -2.45. The maximum atomic E-state index is 9.22. The largest absolute Gasteiger partial charge is 0.493 e. The Morgan fingerprint density at radius 1 is 1.45 bits per heavy atom. The van der Waals surface area contributed by atoms with Gasteiger partial charge in [0.15, 0.2) is 6.10 Å². The normalized spacial score (nSPS) is 39.8. The second kappa shape index (κ2) is 3.21. The minimum atomic E-state index is -1.04. The third kappa shape index (κ3) is 1.71. The minimum absolute atomic E-state index is 0.727. The second-order valence-electron chi connectivity index (χ2n) is 2.65. The van der Waals surface area contributed by atoms with Gasteiger partial charge in [0.05, 0.1) is 12.4 Å². The van der Waals surface area contributed by atoms with E-state index in [1.54, 1.807) is 0 Å². The van der Waals surface area contributed by atoms with Crippen molar-refractivity contribution in [2.45, 2.75) is 31.3 Å². The summed E-state index contributed by atoms with van der Waals surface area (Å²) in [5.41, 5.74) is 0. The van der Waals surface area contributed by atoms with Crippen LogP contribution in [-0.4, -0.2) is 39.7 Å². The summed E-state index contributed by atoms with van der Waals surface area (Å²) in [5, 5.41) is 27.3. The van der Waals surface area contributed by atoms with Crippen LogP contribution in [0.1, 0.15) is 6.92 Å². The number of aliphatic hydroxyl groups excluding tert-OH is 3. The molecular weight excluding hydrogens is 148 g/mol. The molecule has 1 aliphatic rings. The first-order valence-electron chi connectivity index (χ1n) is 3.49. The fourth-order valence-electron chi connectivity index (χ4n) is 1.00. The third-order valence-corrected chi connectivity index (χ3v) is 1.67. The molecule has 0 amide bonds. The summed E-state index contributed by atoms with van der Waals surface area (Å²) in [7, 11) is 0. The number of hydrogen-bond donors (Lipinski definition) is 3. The van der Waals surface area contributed by atoms with Gasteiger partial charge in [-0.1, -0.05) is 0 Å². The highest BCUT2D eigenvalue weighted by atomic mass is 16.5. The van der Waals surface area contributed by atoms with Crippen molar-refractivity contribution in [3.05, 3.63) is 12.3 Å². The lowest BCUT2D eigenvalue weighted by Gasteiger charge is -2.30. The smallest absolute Gasteiger partial charge is 0.152 e. The summed E-state index contributed by atoms with van der Waals surface area (Å²) < 4.78 is 4.88. The maximum absolute atomic E-state index is 9.22. The molecule has 0 aromatic heterocycles. The van der Waals surface area contributed by atoms with Crippen LogP contribution in [0.4, 0.5) is 0 Å². The minimum Gasteiger partial charge on any atom is -0.493 e. The standard InChI is InChI=1S/C7H12O4/c1-4(8)7-6(10)5(9)2-3-11-7/h2-10H,1H3/t4-,5?,6?,7?/m0/s1. The SMILES string of the molecule is C[C@H](O)C1OC=CC(O)C1O. The van der Waals surface area contributed by atoms with Gasteiger partial charge in [-0.25, -0.2) is 0 Å². The Labute approximate surface area is 64.7 Å². The average molecular weight is 160 g/mol. The molecule has 0 aliphatic carbocycles. The van der Waals surface area contributed by atoms with Gasteiger partial charge in [-0.05, 0) is 13.0 Å². The predicted octanol–water partition coefficient (Wildman–Crippen LogP) is -0.999. The molecule has 0 saturated heterocycles. The van der Waals surface area contributed by atoms with E-state index in [-0.39, 0.29) is 0 Å². The molecule has 0 spiro atoms. The van der Waals surface area contributed by atoms with Crippen molar-refractivity contribution < 1.29 is 20.1 Å². The third-order valence-electron chi connectivity index (χ3n) is 1.67. The highest BCUT2D eigenvalue weighted by molar-refractivity contribution is 4.98. The molecule has 0 aromatic carbocycles. The number of hydrogen-bond acceptors (Lipinski definition) is 4. The molecule has 0 bridgehead atoms. The van der Waals surface area contributed by atoms with Crippen molar-refractivity contribution in [1.82, 2.24) is 0 Å². The van der Waals surface area contributed by atoms with Gasteiger partial charge in [0.2, 0.25) is 0 Å². The maximum Gasteiger partial charge on any atom is 0.152 e. The molecule has 0 saturated carbocycles. The van der Waals surface area contributed by atoms with Crippen molar-refractivity contribution in [3.8, 4) is 0 Å². The van der Waals surface area contributed by atoms with E-state index in [2.05, 4.69) is 0 Å². The second-order valence-corrected chi connectivity index (χ2v) is 2.65. The molecule has 1 aliphatic heterocycles. The Bertz CT molecular complexity index is 155. The van der Waals surface area contributed by atoms with E-state index >= 15 is 0 Å². The fourth-order valence-corrected chi connectivity index (χ4v) is 1.00. The molecule has 3 N–H and O–H groups in total. The van der Waals surface area contributed by atoms with Crippen LogP contribution in [0.3, 0.4) is 0 Å². The summed E-state index contributed by atoms with van der Waals surface area (Å²) in [6.07, 6.45) is -0.874. The van der Waals surface area contributed by atoms with Crippen LogP contribution in [0.5, 0.6) is 0 Å². The van der Waals surface area contributed by atoms with Gasteiger partial charge in [-0.2, -0.15) is 0 Å². The fraction of sp³-hybridized carbons (Fsp3) is 0.714. The predicted molar refractivity (Wildman–Crippen MR) is 37.7 cm³/mol. The van der Waals surface area contributed by atoms with Crippen LogP contribution in [0.15, 0.2) is 12.3 Å². The summed E-state index contributed by atoms with van der Waals surface area (Å²) in [5.74, 6) is 0. The highest BCUT2D eigenvalue weighted by Gasteiger charge is 2.32. The van der Waals surface area contributed by atoms with Gasteiger partial charge in [0, 0.05) is 0 Å².